The first-order chi connectivity index (χ1) is 17.9. The van der Waals surface area contributed by atoms with E-state index in [1.807, 2.05) is 32.0 Å². The van der Waals surface area contributed by atoms with Crippen molar-refractivity contribution < 1.29 is 28.7 Å². The number of carbonyl (C=O) groups is 4. The van der Waals surface area contributed by atoms with Crippen molar-refractivity contribution in [3.8, 4) is 0 Å². The maximum absolute atomic E-state index is 13.2. The van der Waals surface area contributed by atoms with Crippen molar-refractivity contribution in [2.45, 2.75) is 59.1 Å². The van der Waals surface area contributed by atoms with E-state index in [2.05, 4.69) is 6.08 Å². The van der Waals surface area contributed by atoms with E-state index in [0.717, 1.165) is 15.8 Å². The number of carbonyl (C=O) groups excluding carboxylic acids is 4. The first kappa shape index (κ1) is 26.9. The van der Waals surface area contributed by atoms with Crippen molar-refractivity contribution >= 4 is 34.8 Å². The normalized spacial score (nSPS) is 13.9. The van der Waals surface area contributed by atoms with Crippen LogP contribution in [0.2, 0.25) is 0 Å². The van der Waals surface area contributed by atoms with Crippen LogP contribution in [0.5, 0.6) is 0 Å². The number of allylic oxidation sites excluding steroid dienone is 2. The second-order valence-electron chi connectivity index (χ2n) is 10.6. The minimum Gasteiger partial charge on any atom is -0.467 e. The molecule has 1 aliphatic heterocycles. The Balaban J connectivity index is 1.81. The molecule has 0 aliphatic carbocycles. The van der Waals surface area contributed by atoms with Gasteiger partial charge in [0.15, 0.2) is 0 Å². The molecule has 0 bridgehead atoms. The van der Waals surface area contributed by atoms with Gasteiger partial charge in [-0.1, -0.05) is 29.8 Å². The molecular weight excluding hydrogens is 484 g/mol. The van der Waals surface area contributed by atoms with Crippen molar-refractivity contribution in [1.82, 2.24) is 9.47 Å². The van der Waals surface area contributed by atoms with Crippen LogP contribution in [0.15, 0.2) is 60.3 Å². The molecule has 0 fully saturated rings. The van der Waals surface area contributed by atoms with E-state index >= 15 is 0 Å². The quantitative estimate of drug-likeness (QED) is 0.250. The molecule has 198 valence electrons. The van der Waals surface area contributed by atoms with Crippen LogP contribution >= 0.6 is 0 Å². The van der Waals surface area contributed by atoms with Gasteiger partial charge in [0.1, 0.15) is 11.6 Å². The average molecular weight is 517 g/mol. The predicted molar refractivity (Wildman–Crippen MR) is 143 cm³/mol. The van der Waals surface area contributed by atoms with E-state index in [-0.39, 0.29) is 17.5 Å². The molecule has 0 saturated carbocycles. The zero-order valence-corrected chi connectivity index (χ0v) is 22.5. The van der Waals surface area contributed by atoms with E-state index in [1.165, 1.54) is 17.3 Å². The van der Waals surface area contributed by atoms with E-state index < -0.39 is 35.5 Å². The Hall–Kier alpha value is -4.20. The van der Waals surface area contributed by atoms with Crippen molar-refractivity contribution in [2.24, 2.45) is 0 Å². The van der Waals surface area contributed by atoms with Gasteiger partial charge in [0.2, 0.25) is 0 Å². The lowest BCUT2D eigenvalue weighted by molar-refractivity contribution is -0.145. The van der Waals surface area contributed by atoms with Crippen LogP contribution in [0, 0.1) is 0 Å². The summed E-state index contributed by atoms with van der Waals surface area (Å²) in [5.74, 6) is -1.83. The van der Waals surface area contributed by atoms with Crippen LogP contribution in [0.25, 0.3) is 10.9 Å². The first-order valence-electron chi connectivity index (χ1n) is 12.5. The molecule has 4 rings (SSSR count). The van der Waals surface area contributed by atoms with Gasteiger partial charge in [0.05, 0.1) is 23.8 Å². The SMILES string of the molecule is COC(=O)[C@H](Cc1cn(C(=O)OC(C)(C)C)c2ccc(CC=C(C)C)cc12)N1C(=O)c2ccccc2C1=O. The lowest BCUT2D eigenvalue weighted by Crippen LogP contribution is -2.46. The molecule has 1 atom stereocenters. The summed E-state index contributed by atoms with van der Waals surface area (Å²) in [6.07, 6.45) is 3.80. The number of methoxy groups -OCH3 is 1. The second kappa shape index (κ2) is 10.3. The molecule has 38 heavy (non-hydrogen) atoms. The molecule has 2 heterocycles. The highest BCUT2D eigenvalue weighted by Crippen LogP contribution is 2.30. The Morgan fingerprint density at radius 2 is 1.63 bits per heavy atom. The van der Waals surface area contributed by atoms with Gasteiger partial charge in [-0.05, 0) is 76.4 Å². The summed E-state index contributed by atoms with van der Waals surface area (Å²) >= 11 is 0. The summed E-state index contributed by atoms with van der Waals surface area (Å²) in [6.45, 7) is 9.39. The Kier molecular flexibility index (Phi) is 7.26. The van der Waals surface area contributed by atoms with E-state index in [1.54, 1.807) is 51.2 Å². The van der Waals surface area contributed by atoms with Gasteiger partial charge >= 0.3 is 12.1 Å². The fraction of sp³-hybridized carbons (Fsp3) is 0.333. The number of hydrogen-bond donors (Lipinski definition) is 0. The molecule has 3 aromatic rings. The maximum Gasteiger partial charge on any atom is 0.419 e. The highest BCUT2D eigenvalue weighted by atomic mass is 16.6. The lowest BCUT2D eigenvalue weighted by atomic mass is 10.0. The van der Waals surface area contributed by atoms with Crippen LogP contribution in [0.4, 0.5) is 4.79 Å². The number of rotatable bonds is 6. The van der Waals surface area contributed by atoms with Gasteiger partial charge in [-0.2, -0.15) is 0 Å². The molecule has 1 aliphatic rings. The molecule has 0 spiro atoms. The Morgan fingerprint density at radius 1 is 1.00 bits per heavy atom. The summed E-state index contributed by atoms with van der Waals surface area (Å²) < 4.78 is 12.0. The highest BCUT2D eigenvalue weighted by molar-refractivity contribution is 6.22. The first-order valence-corrected chi connectivity index (χ1v) is 12.5. The van der Waals surface area contributed by atoms with Gasteiger partial charge < -0.3 is 9.47 Å². The van der Waals surface area contributed by atoms with E-state index in [4.69, 9.17) is 9.47 Å². The molecule has 0 unspecified atom stereocenters. The van der Waals surface area contributed by atoms with Crippen LogP contribution in [0.3, 0.4) is 0 Å². The molecule has 2 amide bonds. The number of amides is 2. The topological polar surface area (TPSA) is 94.9 Å². The Morgan fingerprint density at radius 3 is 2.18 bits per heavy atom. The zero-order valence-electron chi connectivity index (χ0n) is 22.5. The van der Waals surface area contributed by atoms with Gasteiger partial charge in [-0.15, -0.1) is 0 Å². The van der Waals surface area contributed by atoms with Gasteiger partial charge in [-0.25, -0.2) is 9.59 Å². The zero-order chi connectivity index (χ0) is 27.8. The number of hydrogen-bond acceptors (Lipinski definition) is 6. The van der Waals surface area contributed by atoms with Crippen molar-refractivity contribution in [1.29, 1.82) is 0 Å². The average Bonchev–Trinajstić information content (AvgIpc) is 3.34. The second-order valence-corrected chi connectivity index (χ2v) is 10.6. The van der Waals surface area contributed by atoms with Crippen molar-refractivity contribution in [3.63, 3.8) is 0 Å². The van der Waals surface area contributed by atoms with Crippen LogP contribution in [-0.2, 0) is 27.1 Å². The van der Waals surface area contributed by atoms with Crippen molar-refractivity contribution in [3.05, 3.63) is 82.6 Å². The Bertz CT molecular complexity index is 1430. The van der Waals surface area contributed by atoms with E-state index in [9.17, 15) is 19.2 Å². The fourth-order valence-electron chi connectivity index (χ4n) is 4.53. The summed E-state index contributed by atoms with van der Waals surface area (Å²) in [6, 6.07) is 11.0. The minimum absolute atomic E-state index is 0.0312. The van der Waals surface area contributed by atoms with Crippen LogP contribution < -0.4 is 0 Å². The van der Waals surface area contributed by atoms with Crippen LogP contribution in [0.1, 0.15) is 66.5 Å². The number of nitrogens with zero attached hydrogens (tertiary/aromatic N) is 2. The number of benzene rings is 2. The highest BCUT2D eigenvalue weighted by Gasteiger charge is 2.43. The molecule has 1 aromatic heterocycles. The number of aromatic nitrogens is 1. The third-order valence-electron chi connectivity index (χ3n) is 6.31. The minimum atomic E-state index is -1.22. The molecular formula is C30H32N2O6. The van der Waals surface area contributed by atoms with Gasteiger partial charge in [0, 0.05) is 18.0 Å². The molecule has 0 radical (unpaired) electrons. The van der Waals surface area contributed by atoms with Gasteiger partial charge in [-0.3, -0.25) is 19.1 Å². The summed E-state index contributed by atoms with van der Waals surface area (Å²) in [5.41, 5.74) is 3.16. The van der Waals surface area contributed by atoms with Crippen molar-refractivity contribution in [2.75, 3.05) is 7.11 Å². The molecule has 0 saturated heterocycles. The summed E-state index contributed by atoms with van der Waals surface area (Å²) in [7, 11) is 1.22. The fourth-order valence-corrected chi connectivity index (χ4v) is 4.53. The number of esters is 1. The number of ether oxygens (including phenoxy) is 2. The smallest absolute Gasteiger partial charge is 0.419 e. The molecule has 0 N–H and O–H groups in total. The lowest BCUT2D eigenvalue weighted by Gasteiger charge is -2.24. The number of fused-ring (bicyclic) bond motifs is 2. The maximum atomic E-state index is 13.2. The van der Waals surface area contributed by atoms with Gasteiger partial charge in [0.25, 0.3) is 11.8 Å². The molecule has 8 nitrogen and oxygen atoms in total. The molecule has 8 heteroatoms. The predicted octanol–water partition coefficient (Wildman–Crippen LogP) is 5.31. The van der Waals surface area contributed by atoms with Crippen LogP contribution in [-0.4, -0.2) is 52.1 Å². The monoisotopic (exact) mass is 516 g/mol. The standard InChI is InChI=1S/C30H32N2O6/c1-18(2)11-12-19-13-14-24-23(15-19)20(17-31(24)29(36)38-30(3,4)5)16-25(28(35)37-6)32-26(33)21-9-7-8-10-22(21)27(32)34/h7-11,13-15,17,25H,12,16H2,1-6H3/t25-/m0/s1. The summed E-state index contributed by atoms with van der Waals surface area (Å²) in [4.78, 5) is 53.4. The third-order valence-corrected chi connectivity index (χ3v) is 6.31. The number of imide groups is 1. The largest absolute Gasteiger partial charge is 0.467 e. The third kappa shape index (κ3) is 5.25. The van der Waals surface area contributed by atoms with E-state index in [0.29, 0.717) is 17.5 Å². The summed E-state index contributed by atoms with van der Waals surface area (Å²) in [5, 5.41) is 0.723. The Labute approximate surface area is 221 Å². The molecule has 2 aromatic carbocycles.